The molecule has 3 aliphatic rings. The highest BCUT2D eigenvalue weighted by molar-refractivity contribution is 6.25. The Kier molecular flexibility index (Phi) is 9.19. The average molecular weight is 574 g/mol. The van der Waals surface area contributed by atoms with Crippen LogP contribution in [0.1, 0.15) is 20.7 Å². The Morgan fingerprint density at radius 1 is 0.821 bits per heavy atom. The molecular weight excluding hydrogens is 545 g/mol. The van der Waals surface area contributed by atoms with E-state index in [2.05, 4.69) is 9.80 Å². The molecule has 1 N–H and O–H groups in total. The summed E-state index contributed by atoms with van der Waals surface area (Å²) in [6.07, 6.45) is -0.622. The lowest BCUT2D eigenvalue weighted by Gasteiger charge is -2.36. The normalized spacial score (nSPS) is 17.5. The number of nitrogens with zero attached hydrogens (tertiary/aromatic N) is 3. The van der Waals surface area contributed by atoms with E-state index in [0.717, 1.165) is 37.0 Å². The van der Waals surface area contributed by atoms with Gasteiger partial charge < -0.3 is 44.1 Å². The predicted octanol–water partition coefficient (Wildman–Crippen LogP) is -3.77. The highest BCUT2D eigenvalue weighted by Gasteiger charge is 2.33. The van der Waals surface area contributed by atoms with E-state index in [1.165, 1.54) is 4.90 Å². The number of hydrogen-bond donors (Lipinski definition) is 1. The second kappa shape index (κ2) is 12.4. The largest absolute Gasteiger partial charge is 1.00 e. The van der Waals surface area contributed by atoms with Gasteiger partial charge in [0.25, 0.3) is 11.8 Å². The number of benzene rings is 3. The van der Waals surface area contributed by atoms with E-state index in [9.17, 15) is 14.7 Å². The third-order valence-corrected chi connectivity index (χ3v) is 7.22. The molecule has 0 radical (unpaired) electrons. The minimum absolute atomic E-state index is 0. The number of carbonyl (C=O) groups is 2. The monoisotopic (exact) mass is 573 g/mol. The van der Waals surface area contributed by atoms with Crippen LogP contribution in [0.15, 0.2) is 54.6 Å². The van der Waals surface area contributed by atoms with Gasteiger partial charge in [0.05, 0.1) is 0 Å². The van der Waals surface area contributed by atoms with Crippen molar-refractivity contribution in [1.29, 1.82) is 0 Å². The fraction of sp³-hybridized carbons (Fsp3) is 0.357. The van der Waals surface area contributed by atoms with Gasteiger partial charge in [0.15, 0.2) is 11.5 Å². The van der Waals surface area contributed by atoms with E-state index < -0.39 is 6.10 Å². The Hall–Kier alpha value is -3.08. The molecular formula is C28H29Cl2N3O6-2. The quantitative estimate of drug-likeness (QED) is 0.275. The topological polar surface area (TPSA) is 91.8 Å². The summed E-state index contributed by atoms with van der Waals surface area (Å²) in [6.45, 7) is 5.10. The van der Waals surface area contributed by atoms with E-state index in [0.29, 0.717) is 48.0 Å². The van der Waals surface area contributed by atoms with Crippen molar-refractivity contribution >= 4 is 22.6 Å². The lowest BCUT2D eigenvalue weighted by atomic mass is 9.94. The molecule has 0 aliphatic carbocycles. The molecule has 0 spiro atoms. The Morgan fingerprint density at radius 2 is 1.46 bits per heavy atom. The molecule has 2 amide bonds. The summed E-state index contributed by atoms with van der Waals surface area (Å²) in [5.74, 6) is 1.53. The maximum Gasteiger partial charge on any atom is 0.261 e. The Labute approximate surface area is 239 Å². The zero-order valence-corrected chi connectivity index (χ0v) is 22.7. The highest BCUT2D eigenvalue weighted by atomic mass is 35.5. The number of amides is 2. The van der Waals surface area contributed by atoms with Crippen LogP contribution in [-0.2, 0) is 0 Å². The smallest absolute Gasteiger partial charge is 0.261 e. The molecule has 208 valence electrons. The summed E-state index contributed by atoms with van der Waals surface area (Å²) in [6, 6.07) is 16.6. The maximum atomic E-state index is 13.1. The van der Waals surface area contributed by atoms with Crippen molar-refractivity contribution in [2.75, 3.05) is 59.2 Å². The predicted molar refractivity (Wildman–Crippen MR) is 136 cm³/mol. The Bertz CT molecular complexity index is 1300. The Morgan fingerprint density at radius 3 is 2.15 bits per heavy atom. The van der Waals surface area contributed by atoms with E-state index >= 15 is 0 Å². The first-order valence-corrected chi connectivity index (χ1v) is 12.6. The van der Waals surface area contributed by atoms with Gasteiger partial charge in [-0.1, -0.05) is 24.3 Å². The van der Waals surface area contributed by atoms with Crippen LogP contribution in [0.4, 0.5) is 0 Å². The van der Waals surface area contributed by atoms with E-state index in [-0.39, 0.29) is 50.0 Å². The first kappa shape index (κ1) is 28.9. The van der Waals surface area contributed by atoms with E-state index in [4.69, 9.17) is 14.2 Å². The van der Waals surface area contributed by atoms with Crippen molar-refractivity contribution in [1.82, 2.24) is 14.7 Å². The number of hydrogen-bond acceptors (Lipinski definition) is 8. The minimum Gasteiger partial charge on any atom is -1.00 e. The van der Waals surface area contributed by atoms with E-state index in [1.807, 2.05) is 24.3 Å². The molecule has 3 aliphatic heterocycles. The molecule has 1 saturated heterocycles. The van der Waals surface area contributed by atoms with Crippen molar-refractivity contribution < 1.29 is 53.7 Å². The van der Waals surface area contributed by atoms with Crippen molar-refractivity contribution in [3.05, 3.63) is 65.7 Å². The fourth-order valence-corrected chi connectivity index (χ4v) is 5.23. The van der Waals surface area contributed by atoms with Crippen LogP contribution in [0.3, 0.4) is 0 Å². The van der Waals surface area contributed by atoms with Gasteiger partial charge in [-0.15, -0.1) is 0 Å². The molecule has 9 nitrogen and oxygen atoms in total. The average Bonchev–Trinajstić information content (AvgIpc) is 3.39. The lowest BCUT2D eigenvalue weighted by molar-refractivity contribution is -0.00100. The van der Waals surface area contributed by atoms with Gasteiger partial charge in [-0.05, 0) is 29.7 Å². The fourth-order valence-electron chi connectivity index (χ4n) is 5.23. The molecule has 39 heavy (non-hydrogen) atoms. The highest BCUT2D eigenvalue weighted by Crippen LogP contribution is 2.35. The van der Waals surface area contributed by atoms with Gasteiger partial charge in [-0.25, -0.2) is 0 Å². The lowest BCUT2D eigenvalue weighted by Crippen LogP contribution is -3.00. The second-order valence-electron chi connectivity index (χ2n) is 9.59. The number of carbonyl (C=O) groups excluding carboxylic acids is 2. The summed E-state index contributed by atoms with van der Waals surface area (Å²) in [5.41, 5.74) is 1.18. The van der Waals surface area contributed by atoms with Gasteiger partial charge in [0, 0.05) is 68.4 Å². The number of aliphatic hydroxyl groups excluding tert-OH is 1. The molecule has 3 aromatic carbocycles. The van der Waals surface area contributed by atoms with Crippen LogP contribution in [-0.4, -0.2) is 96.9 Å². The van der Waals surface area contributed by atoms with Crippen LogP contribution in [0.2, 0.25) is 0 Å². The number of β-amino-alcohol motifs (C(OH)–C–C–N with tert-alkyl or cyclic N) is 1. The van der Waals surface area contributed by atoms with Crippen LogP contribution in [0, 0.1) is 0 Å². The van der Waals surface area contributed by atoms with Crippen molar-refractivity contribution in [2.24, 2.45) is 0 Å². The molecule has 0 bridgehead atoms. The molecule has 0 saturated carbocycles. The number of fused-ring (bicyclic) bond motifs is 1. The first-order chi connectivity index (χ1) is 18.1. The second-order valence-corrected chi connectivity index (χ2v) is 9.59. The molecule has 1 unspecified atom stereocenters. The van der Waals surface area contributed by atoms with Gasteiger partial charge in [-0.2, -0.15) is 0 Å². The SMILES string of the molecule is O=C1c2cccc3cccc(c23)C(=O)N1CCN1CCN(CC(O)COc2ccc3c(c2)OCO3)CC1.[Cl-].[Cl-]. The zero-order valence-electron chi connectivity index (χ0n) is 21.2. The van der Waals surface area contributed by atoms with Crippen molar-refractivity contribution in [2.45, 2.75) is 6.10 Å². The number of rotatable bonds is 8. The van der Waals surface area contributed by atoms with Crippen LogP contribution >= 0.6 is 0 Å². The number of aliphatic hydroxyl groups is 1. The molecule has 11 heteroatoms. The maximum absolute atomic E-state index is 13.1. The third kappa shape index (κ3) is 5.92. The van der Waals surface area contributed by atoms with Gasteiger partial charge >= 0.3 is 0 Å². The number of piperazine rings is 1. The molecule has 1 atom stereocenters. The summed E-state index contributed by atoms with van der Waals surface area (Å²) in [7, 11) is 0. The van der Waals surface area contributed by atoms with Crippen molar-refractivity contribution in [3.8, 4) is 17.2 Å². The van der Waals surface area contributed by atoms with Crippen LogP contribution < -0.4 is 39.0 Å². The van der Waals surface area contributed by atoms with Crippen LogP contribution in [0.5, 0.6) is 17.2 Å². The van der Waals surface area contributed by atoms with Gasteiger partial charge in [-0.3, -0.25) is 24.3 Å². The van der Waals surface area contributed by atoms with Crippen molar-refractivity contribution in [3.63, 3.8) is 0 Å². The summed E-state index contributed by atoms with van der Waals surface area (Å²) >= 11 is 0. The third-order valence-electron chi connectivity index (χ3n) is 7.22. The van der Waals surface area contributed by atoms with Crippen LogP contribution in [0.25, 0.3) is 10.8 Å². The van der Waals surface area contributed by atoms with E-state index in [1.54, 1.807) is 30.3 Å². The number of imide groups is 1. The summed E-state index contributed by atoms with van der Waals surface area (Å²) in [5, 5.41) is 12.1. The minimum atomic E-state index is -0.622. The molecule has 6 rings (SSSR count). The number of halogens is 2. The van der Waals surface area contributed by atoms with Gasteiger partial charge in [0.2, 0.25) is 6.79 Å². The van der Waals surface area contributed by atoms with Gasteiger partial charge in [0.1, 0.15) is 18.5 Å². The zero-order chi connectivity index (χ0) is 25.4. The molecule has 3 heterocycles. The Balaban J connectivity index is 0.00000176. The molecule has 1 fully saturated rings. The summed E-state index contributed by atoms with van der Waals surface area (Å²) in [4.78, 5) is 32.0. The number of ether oxygens (including phenoxy) is 3. The molecule has 0 aromatic heterocycles. The summed E-state index contributed by atoms with van der Waals surface area (Å²) < 4.78 is 16.4. The first-order valence-electron chi connectivity index (χ1n) is 12.6. The standard InChI is InChI=1S/C28H29N3O6.2ClH/c32-20(17-35-21-7-8-24-25(15-21)37-18-36-24)16-30-11-9-29(10-12-30)13-14-31-27(33)22-5-1-3-19-4-2-6-23(26(19)22)28(31)34;;/h1-8,15,20,32H,9-14,16-18H2;2*1H/p-2. The molecule has 3 aromatic rings.